The van der Waals surface area contributed by atoms with E-state index in [2.05, 4.69) is 5.32 Å². The van der Waals surface area contributed by atoms with Crippen molar-refractivity contribution in [3.63, 3.8) is 0 Å². The molecule has 2 unspecified atom stereocenters. The van der Waals surface area contributed by atoms with Crippen molar-refractivity contribution in [1.82, 2.24) is 0 Å². The molecule has 0 aromatic heterocycles. The molecule has 0 radical (unpaired) electrons. The Morgan fingerprint density at radius 3 is 2.65 bits per heavy atom. The number of methoxy groups -OCH3 is 1. The molecule has 1 fully saturated rings. The van der Waals surface area contributed by atoms with E-state index in [-0.39, 0.29) is 6.04 Å². The van der Waals surface area contributed by atoms with Gasteiger partial charge < -0.3 is 10.1 Å². The number of nitrogens with one attached hydrogen (secondary N) is 1. The summed E-state index contributed by atoms with van der Waals surface area (Å²) in [6, 6.07) is 6.83. The summed E-state index contributed by atoms with van der Waals surface area (Å²) in [6.45, 7) is 0. The van der Waals surface area contributed by atoms with Gasteiger partial charge in [0.2, 0.25) is 0 Å². The van der Waals surface area contributed by atoms with Gasteiger partial charge >= 0.3 is 5.97 Å². The van der Waals surface area contributed by atoms with Gasteiger partial charge in [0.1, 0.15) is 0 Å². The molecule has 5 nitrogen and oxygen atoms in total. The van der Waals surface area contributed by atoms with Crippen LogP contribution in [0.3, 0.4) is 0 Å². The lowest BCUT2D eigenvalue weighted by molar-refractivity contribution is 0.0602. The Morgan fingerprint density at radius 1 is 1.30 bits per heavy atom. The number of anilines is 1. The van der Waals surface area contributed by atoms with E-state index in [4.69, 9.17) is 4.74 Å². The Hall–Kier alpha value is -1.56. The molecule has 1 N–H and O–H groups in total. The van der Waals surface area contributed by atoms with Gasteiger partial charge in [-0.15, -0.1) is 0 Å². The fourth-order valence-electron chi connectivity index (χ4n) is 2.70. The summed E-state index contributed by atoms with van der Waals surface area (Å²) in [5, 5.41) is 2.81. The largest absolute Gasteiger partial charge is 0.465 e. The SMILES string of the molecule is COC(=O)c1ccccc1NC1CCCC1S(C)(=O)=O. The van der Waals surface area contributed by atoms with Crippen molar-refractivity contribution in [3.8, 4) is 0 Å². The fourth-order valence-corrected chi connectivity index (χ4v) is 4.10. The zero-order valence-electron chi connectivity index (χ0n) is 11.6. The van der Waals surface area contributed by atoms with Gasteiger partial charge in [-0.05, 0) is 31.4 Å². The van der Waals surface area contributed by atoms with E-state index in [9.17, 15) is 13.2 Å². The Balaban J connectivity index is 2.24. The smallest absolute Gasteiger partial charge is 0.339 e. The molecule has 6 heteroatoms. The molecule has 0 heterocycles. The second-order valence-corrected chi connectivity index (χ2v) is 7.35. The molecule has 2 rings (SSSR count). The van der Waals surface area contributed by atoms with Crippen molar-refractivity contribution in [1.29, 1.82) is 0 Å². The number of sulfone groups is 1. The molecule has 1 aliphatic carbocycles. The van der Waals surface area contributed by atoms with Crippen molar-refractivity contribution in [2.45, 2.75) is 30.6 Å². The Kier molecular flexibility index (Phi) is 4.32. The summed E-state index contributed by atoms with van der Waals surface area (Å²) >= 11 is 0. The molecular formula is C14H19NO4S. The van der Waals surface area contributed by atoms with Crippen molar-refractivity contribution in [2.75, 3.05) is 18.7 Å². The van der Waals surface area contributed by atoms with Crippen LogP contribution < -0.4 is 5.32 Å². The molecule has 0 bridgehead atoms. The van der Waals surface area contributed by atoms with Gasteiger partial charge in [-0.2, -0.15) is 0 Å². The minimum absolute atomic E-state index is 0.157. The minimum atomic E-state index is -3.09. The van der Waals surface area contributed by atoms with Crippen LogP contribution in [-0.4, -0.2) is 39.0 Å². The van der Waals surface area contributed by atoms with E-state index >= 15 is 0 Å². The standard InChI is InChI=1S/C14H19NO4S/c1-19-14(16)10-6-3-4-7-11(10)15-12-8-5-9-13(12)20(2,17)18/h3-4,6-7,12-13,15H,5,8-9H2,1-2H3. The van der Waals surface area contributed by atoms with Gasteiger partial charge in [0.05, 0.1) is 17.9 Å². The van der Waals surface area contributed by atoms with Crippen molar-refractivity contribution in [2.24, 2.45) is 0 Å². The first-order chi connectivity index (χ1) is 9.43. The lowest BCUT2D eigenvalue weighted by atomic mass is 10.1. The lowest BCUT2D eigenvalue weighted by Crippen LogP contribution is -2.34. The lowest BCUT2D eigenvalue weighted by Gasteiger charge is -2.21. The molecule has 1 aliphatic rings. The first-order valence-corrected chi connectivity index (χ1v) is 8.51. The van der Waals surface area contributed by atoms with Crippen LogP contribution in [0.1, 0.15) is 29.6 Å². The van der Waals surface area contributed by atoms with Gasteiger partial charge in [0, 0.05) is 18.0 Å². The number of carbonyl (C=O) groups is 1. The zero-order valence-corrected chi connectivity index (χ0v) is 12.4. The highest BCUT2D eigenvalue weighted by Crippen LogP contribution is 2.29. The normalized spacial score (nSPS) is 22.5. The third-order valence-electron chi connectivity index (χ3n) is 3.68. The number of ether oxygens (including phenoxy) is 1. The monoisotopic (exact) mass is 297 g/mol. The summed E-state index contributed by atoms with van der Waals surface area (Å²) in [5.41, 5.74) is 1.05. The summed E-state index contributed by atoms with van der Waals surface area (Å²) in [4.78, 5) is 11.7. The van der Waals surface area contributed by atoms with Crippen molar-refractivity contribution in [3.05, 3.63) is 29.8 Å². The highest BCUT2D eigenvalue weighted by atomic mass is 32.2. The summed E-state index contributed by atoms with van der Waals surface area (Å²) in [7, 11) is -1.76. The zero-order chi connectivity index (χ0) is 14.8. The number of hydrogen-bond donors (Lipinski definition) is 1. The third kappa shape index (κ3) is 3.12. The highest BCUT2D eigenvalue weighted by Gasteiger charge is 2.35. The van der Waals surface area contributed by atoms with E-state index in [1.807, 2.05) is 0 Å². The number of carbonyl (C=O) groups excluding carboxylic acids is 1. The van der Waals surface area contributed by atoms with E-state index in [0.717, 1.165) is 12.8 Å². The number of benzene rings is 1. The summed E-state index contributed by atoms with van der Waals surface area (Å²) in [5.74, 6) is -0.429. The molecule has 1 aromatic rings. The molecule has 20 heavy (non-hydrogen) atoms. The first-order valence-electron chi connectivity index (χ1n) is 6.56. The number of esters is 1. The second kappa shape index (κ2) is 5.83. The topological polar surface area (TPSA) is 72.5 Å². The van der Waals surface area contributed by atoms with E-state index in [0.29, 0.717) is 17.7 Å². The van der Waals surface area contributed by atoms with E-state index in [1.54, 1.807) is 24.3 Å². The molecule has 0 amide bonds. The van der Waals surface area contributed by atoms with Gasteiger partial charge in [-0.25, -0.2) is 13.2 Å². The van der Waals surface area contributed by atoms with Crippen LogP contribution in [0.25, 0.3) is 0 Å². The maximum absolute atomic E-state index is 11.8. The minimum Gasteiger partial charge on any atom is -0.465 e. The average Bonchev–Trinajstić information content (AvgIpc) is 2.86. The van der Waals surface area contributed by atoms with Crippen LogP contribution >= 0.6 is 0 Å². The van der Waals surface area contributed by atoms with Crippen LogP contribution in [0, 0.1) is 0 Å². The molecule has 0 saturated heterocycles. The Bertz CT molecular complexity index is 597. The Morgan fingerprint density at radius 2 is 2.00 bits per heavy atom. The predicted octanol–water partition coefficient (Wildman–Crippen LogP) is 1.85. The number of hydrogen-bond acceptors (Lipinski definition) is 5. The maximum atomic E-state index is 11.8. The fraction of sp³-hybridized carbons (Fsp3) is 0.500. The highest BCUT2D eigenvalue weighted by molar-refractivity contribution is 7.91. The maximum Gasteiger partial charge on any atom is 0.339 e. The van der Waals surface area contributed by atoms with E-state index in [1.165, 1.54) is 13.4 Å². The van der Waals surface area contributed by atoms with E-state index < -0.39 is 21.1 Å². The Labute approximate surface area is 119 Å². The quantitative estimate of drug-likeness (QED) is 0.859. The van der Waals surface area contributed by atoms with Gasteiger partial charge in [-0.1, -0.05) is 12.1 Å². The molecule has 0 spiro atoms. The number of para-hydroxylation sites is 1. The molecule has 1 aromatic carbocycles. The van der Waals surface area contributed by atoms with Crippen LogP contribution in [0.4, 0.5) is 5.69 Å². The third-order valence-corrected chi connectivity index (χ3v) is 5.34. The first kappa shape index (κ1) is 14.8. The second-order valence-electron chi connectivity index (χ2n) is 5.09. The molecule has 0 aliphatic heterocycles. The molecular weight excluding hydrogens is 278 g/mol. The molecule has 110 valence electrons. The summed E-state index contributed by atoms with van der Waals surface area (Å²) in [6.07, 6.45) is 3.59. The van der Waals surface area contributed by atoms with Gasteiger partial charge in [0.25, 0.3) is 0 Å². The van der Waals surface area contributed by atoms with Crippen molar-refractivity contribution < 1.29 is 17.9 Å². The molecule has 2 atom stereocenters. The van der Waals surface area contributed by atoms with Crippen LogP contribution in [0.5, 0.6) is 0 Å². The van der Waals surface area contributed by atoms with Gasteiger partial charge in [-0.3, -0.25) is 0 Å². The number of rotatable bonds is 4. The average molecular weight is 297 g/mol. The van der Waals surface area contributed by atoms with Gasteiger partial charge in [0.15, 0.2) is 9.84 Å². The molecule has 1 saturated carbocycles. The van der Waals surface area contributed by atoms with Crippen LogP contribution in [0.2, 0.25) is 0 Å². The van der Waals surface area contributed by atoms with Crippen molar-refractivity contribution >= 4 is 21.5 Å². The van der Waals surface area contributed by atoms with Crippen LogP contribution in [-0.2, 0) is 14.6 Å². The van der Waals surface area contributed by atoms with Crippen LogP contribution in [0.15, 0.2) is 24.3 Å². The predicted molar refractivity (Wildman–Crippen MR) is 77.7 cm³/mol. The summed E-state index contributed by atoms with van der Waals surface area (Å²) < 4.78 is 28.3.